The van der Waals surface area contributed by atoms with Gasteiger partial charge in [0.15, 0.2) is 0 Å². The number of aliphatic carboxylic acids is 1. The predicted molar refractivity (Wildman–Crippen MR) is 149 cm³/mol. The van der Waals surface area contributed by atoms with Crippen LogP contribution in [0.5, 0.6) is 0 Å². The molecule has 0 saturated carbocycles. The molecule has 0 aromatic heterocycles. The van der Waals surface area contributed by atoms with Crippen molar-refractivity contribution < 1.29 is 19.4 Å². The highest BCUT2D eigenvalue weighted by Gasteiger charge is 2.15. The van der Waals surface area contributed by atoms with Crippen molar-refractivity contribution in [3.05, 3.63) is 0 Å². The summed E-state index contributed by atoms with van der Waals surface area (Å²) in [5.74, 6) is -0.858. The summed E-state index contributed by atoms with van der Waals surface area (Å²) in [7, 11) is 0. The molecular weight excluding hydrogens is 436 g/mol. The van der Waals surface area contributed by atoms with E-state index in [1.165, 1.54) is 116 Å². The summed E-state index contributed by atoms with van der Waals surface area (Å²) in [5, 5.41) is 8.93. The number of ether oxygens (including phenoxy) is 1. The predicted octanol–water partition coefficient (Wildman–Crippen LogP) is 10.2. The van der Waals surface area contributed by atoms with Crippen LogP contribution in [0.1, 0.15) is 181 Å². The van der Waals surface area contributed by atoms with Crippen LogP contribution in [0.2, 0.25) is 0 Å². The summed E-state index contributed by atoms with van der Waals surface area (Å²) in [5.41, 5.74) is 0. The van der Waals surface area contributed by atoms with Crippen molar-refractivity contribution in [2.24, 2.45) is 0 Å². The van der Waals surface area contributed by atoms with Gasteiger partial charge in [0.1, 0.15) is 6.10 Å². The Balaban J connectivity index is 3.84. The zero-order chi connectivity index (χ0) is 25.8. The van der Waals surface area contributed by atoms with Gasteiger partial charge in [0, 0.05) is 12.8 Å². The Bertz CT molecular complexity index is 463. The lowest BCUT2D eigenvalue weighted by atomic mass is 10.0. The normalized spacial score (nSPS) is 12.1. The van der Waals surface area contributed by atoms with Gasteiger partial charge in [-0.05, 0) is 32.1 Å². The molecule has 0 aromatic rings. The maximum Gasteiger partial charge on any atom is 0.306 e. The first-order valence-corrected chi connectivity index (χ1v) is 15.5. The Morgan fingerprint density at radius 3 is 1.31 bits per heavy atom. The molecule has 0 aliphatic heterocycles. The average molecular weight is 497 g/mol. The number of unbranched alkanes of at least 4 members (excludes halogenated alkanes) is 19. The molecule has 4 nitrogen and oxygen atoms in total. The average Bonchev–Trinajstić information content (AvgIpc) is 2.83. The molecule has 0 saturated heterocycles. The lowest BCUT2D eigenvalue weighted by molar-refractivity contribution is -0.150. The lowest BCUT2D eigenvalue weighted by Crippen LogP contribution is -2.18. The second-order valence-corrected chi connectivity index (χ2v) is 10.7. The van der Waals surface area contributed by atoms with Crippen LogP contribution in [0.4, 0.5) is 0 Å². The van der Waals surface area contributed by atoms with Gasteiger partial charge in [0.05, 0.1) is 0 Å². The van der Waals surface area contributed by atoms with Gasteiger partial charge in [-0.2, -0.15) is 0 Å². The van der Waals surface area contributed by atoms with Crippen molar-refractivity contribution in [1.82, 2.24) is 0 Å². The summed E-state index contributed by atoms with van der Waals surface area (Å²) in [6.07, 6.45) is 29.6. The van der Waals surface area contributed by atoms with Gasteiger partial charge >= 0.3 is 11.9 Å². The highest BCUT2D eigenvalue weighted by Crippen LogP contribution is 2.18. The van der Waals surface area contributed by atoms with E-state index in [2.05, 4.69) is 13.8 Å². The number of rotatable bonds is 28. The molecule has 1 atom stereocenters. The quantitative estimate of drug-likeness (QED) is 0.0864. The monoisotopic (exact) mass is 496 g/mol. The van der Waals surface area contributed by atoms with Gasteiger partial charge in [0.2, 0.25) is 0 Å². The van der Waals surface area contributed by atoms with Gasteiger partial charge in [-0.25, -0.2) is 0 Å². The van der Waals surface area contributed by atoms with E-state index in [1.807, 2.05) is 0 Å². The van der Waals surface area contributed by atoms with Crippen molar-refractivity contribution in [2.75, 3.05) is 0 Å². The van der Waals surface area contributed by atoms with Gasteiger partial charge < -0.3 is 9.84 Å². The minimum atomic E-state index is -0.769. The highest BCUT2D eigenvalue weighted by atomic mass is 16.5. The molecule has 35 heavy (non-hydrogen) atoms. The van der Waals surface area contributed by atoms with Crippen molar-refractivity contribution in [3.63, 3.8) is 0 Å². The van der Waals surface area contributed by atoms with E-state index >= 15 is 0 Å². The number of carbonyl (C=O) groups excluding carboxylic acids is 1. The molecule has 0 rings (SSSR count). The molecule has 0 aromatic carbocycles. The first kappa shape index (κ1) is 33.9. The Kier molecular flexibility index (Phi) is 26.7. The van der Waals surface area contributed by atoms with Gasteiger partial charge in [-0.15, -0.1) is 0 Å². The molecule has 0 aliphatic rings. The Morgan fingerprint density at radius 1 is 0.514 bits per heavy atom. The maximum atomic E-state index is 12.4. The topological polar surface area (TPSA) is 63.6 Å². The highest BCUT2D eigenvalue weighted by molar-refractivity contribution is 5.69. The Labute approximate surface area is 218 Å². The van der Waals surface area contributed by atoms with E-state index < -0.39 is 5.97 Å². The van der Waals surface area contributed by atoms with E-state index in [4.69, 9.17) is 9.84 Å². The molecule has 4 heteroatoms. The van der Waals surface area contributed by atoms with Gasteiger partial charge in [-0.3, -0.25) is 9.59 Å². The number of hydrogen-bond donors (Lipinski definition) is 1. The fourth-order valence-corrected chi connectivity index (χ4v) is 4.78. The third-order valence-electron chi connectivity index (χ3n) is 7.08. The summed E-state index contributed by atoms with van der Waals surface area (Å²) < 4.78 is 5.77. The first-order valence-electron chi connectivity index (χ1n) is 15.5. The molecule has 0 fully saturated rings. The standard InChI is InChI=1S/C31H60O4/c1-3-5-7-9-11-13-14-15-17-19-21-23-28-31(34)35-29(26-24-27-30(32)33)25-22-20-18-16-12-10-8-6-4-2/h29H,3-28H2,1-2H3,(H,32,33). The third kappa shape index (κ3) is 27.4. The summed E-state index contributed by atoms with van der Waals surface area (Å²) in [4.78, 5) is 23.2. The minimum Gasteiger partial charge on any atom is -0.481 e. The van der Waals surface area contributed by atoms with Gasteiger partial charge in [0.25, 0.3) is 0 Å². The van der Waals surface area contributed by atoms with Crippen LogP contribution in [-0.2, 0) is 14.3 Å². The number of hydrogen-bond acceptors (Lipinski definition) is 3. The Morgan fingerprint density at radius 2 is 0.886 bits per heavy atom. The van der Waals surface area contributed by atoms with E-state index in [-0.39, 0.29) is 18.5 Å². The molecule has 0 bridgehead atoms. The third-order valence-corrected chi connectivity index (χ3v) is 7.08. The molecule has 0 aliphatic carbocycles. The molecule has 0 amide bonds. The van der Waals surface area contributed by atoms with Crippen LogP contribution in [0.15, 0.2) is 0 Å². The molecule has 208 valence electrons. The van der Waals surface area contributed by atoms with Crippen molar-refractivity contribution >= 4 is 11.9 Å². The number of carboxylic acid groups (broad SMARTS) is 1. The zero-order valence-corrected chi connectivity index (χ0v) is 23.6. The summed E-state index contributed by atoms with van der Waals surface area (Å²) in [6.45, 7) is 4.51. The second kappa shape index (κ2) is 27.5. The van der Waals surface area contributed by atoms with Crippen molar-refractivity contribution in [2.45, 2.75) is 187 Å². The van der Waals surface area contributed by atoms with Crippen molar-refractivity contribution in [1.29, 1.82) is 0 Å². The number of esters is 1. The van der Waals surface area contributed by atoms with Crippen LogP contribution in [0.25, 0.3) is 0 Å². The SMILES string of the molecule is CCCCCCCCCCCCCCC(=O)OC(CCCCCCCCCCC)CCCC(=O)O. The summed E-state index contributed by atoms with van der Waals surface area (Å²) in [6, 6.07) is 0. The molecule has 0 radical (unpaired) electrons. The number of carbonyl (C=O) groups is 2. The smallest absolute Gasteiger partial charge is 0.306 e. The Hall–Kier alpha value is -1.06. The molecular formula is C31H60O4. The van der Waals surface area contributed by atoms with E-state index in [1.54, 1.807) is 0 Å². The fraction of sp³-hybridized carbons (Fsp3) is 0.935. The van der Waals surface area contributed by atoms with E-state index in [0.29, 0.717) is 19.3 Å². The van der Waals surface area contributed by atoms with E-state index in [0.717, 1.165) is 25.7 Å². The zero-order valence-electron chi connectivity index (χ0n) is 23.6. The van der Waals surface area contributed by atoms with E-state index in [9.17, 15) is 9.59 Å². The van der Waals surface area contributed by atoms with Crippen LogP contribution < -0.4 is 0 Å². The minimum absolute atomic E-state index is 0.0895. The molecule has 0 spiro atoms. The van der Waals surface area contributed by atoms with Crippen LogP contribution in [-0.4, -0.2) is 23.1 Å². The largest absolute Gasteiger partial charge is 0.481 e. The van der Waals surface area contributed by atoms with Gasteiger partial charge in [-0.1, -0.05) is 136 Å². The lowest BCUT2D eigenvalue weighted by Gasteiger charge is -2.18. The molecule has 0 heterocycles. The molecule has 1 unspecified atom stereocenters. The molecule has 1 N–H and O–H groups in total. The van der Waals surface area contributed by atoms with Crippen LogP contribution in [0.3, 0.4) is 0 Å². The summed E-state index contributed by atoms with van der Waals surface area (Å²) >= 11 is 0. The van der Waals surface area contributed by atoms with Crippen LogP contribution in [0, 0.1) is 0 Å². The second-order valence-electron chi connectivity index (χ2n) is 10.7. The number of carboxylic acids is 1. The van der Waals surface area contributed by atoms with Crippen molar-refractivity contribution in [3.8, 4) is 0 Å². The first-order chi connectivity index (χ1) is 17.1. The maximum absolute atomic E-state index is 12.4. The fourth-order valence-electron chi connectivity index (χ4n) is 4.78. The van der Waals surface area contributed by atoms with Crippen LogP contribution >= 0.6 is 0 Å².